The van der Waals surface area contributed by atoms with Gasteiger partial charge in [0, 0.05) is 33.8 Å². The average Bonchev–Trinajstić information content (AvgIpc) is 3.49. The Morgan fingerprint density at radius 3 is 2.09 bits per heavy atom. The zero-order valence-corrected chi connectivity index (χ0v) is 32.3. The Kier molecular flexibility index (Phi) is 8.52. The first-order valence-corrected chi connectivity index (χ1v) is 19.9. The molecule has 10 rings (SSSR count). The summed E-state index contributed by atoms with van der Waals surface area (Å²) in [5, 5.41) is 4.47. The summed E-state index contributed by atoms with van der Waals surface area (Å²) in [7, 11) is 0. The highest BCUT2D eigenvalue weighted by Crippen LogP contribution is 2.50. The summed E-state index contributed by atoms with van der Waals surface area (Å²) < 4.78 is 6.27. The molecule has 0 aliphatic heterocycles. The van der Waals surface area contributed by atoms with Crippen LogP contribution in [0.3, 0.4) is 0 Å². The maximum absolute atomic E-state index is 6.90. The van der Waals surface area contributed by atoms with Crippen LogP contribution >= 0.6 is 0 Å². The summed E-state index contributed by atoms with van der Waals surface area (Å²) in [6, 6.07) is 61.0. The number of benzene rings is 8. The highest BCUT2D eigenvalue weighted by molar-refractivity contribution is 6.14. The van der Waals surface area contributed by atoms with Gasteiger partial charge in [-0.15, -0.1) is 0 Å². The predicted octanol–water partition coefficient (Wildman–Crippen LogP) is 13.9. The molecule has 0 spiro atoms. The molecule has 3 heteroatoms. The molecule has 276 valence electrons. The van der Waals surface area contributed by atoms with Crippen LogP contribution < -0.4 is 15.4 Å². The fraction of sp³-hybridized carbons (Fsp3) is 0.111. The second-order valence-corrected chi connectivity index (χ2v) is 15.9. The molecule has 0 amide bonds. The maximum atomic E-state index is 6.90. The number of nitrogens with zero attached hydrogens (tertiary/aromatic N) is 1. The van der Waals surface area contributed by atoms with Crippen LogP contribution in [0.5, 0.6) is 5.75 Å². The van der Waals surface area contributed by atoms with Crippen LogP contribution in [0.1, 0.15) is 48.4 Å². The first-order chi connectivity index (χ1) is 27.9. The number of rotatable bonds is 8. The van der Waals surface area contributed by atoms with E-state index in [2.05, 4.69) is 183 Å². The van der Waals surface area contributed by atoms with Crippen LogP contribution in [0, 0.1) is 0 Å². The second-order valence-electron chi connectivity index (χ2n) is 15.9. The third-order valence-electron chi connectivity index (χ3n) is 12.1. The summed E-state index contributed by atoms with van der Waals surface area (Å²) in [6.07, 6.45) is 7.96. The largest absolute Gasteiger partial charge is 0.487 e. The van der Waals surface area contributed by atoms with E-state index in [1.165, 1.54) is 50.0 Å². The first kappa shape index (κ1) is 34.6. The Balaban J connectivity index is 0.994. The average molecular weight is 737 g/mol. The van der Waals surface area contributed by atoms with Gasteiger partial charge in [-0.05, 0) is 110 Å². The lowest BCUT2D eigenvalue weighted by Crippen LogP contribution is -2.19. The van der Waals surface area contributed by atoms with Crippen molar-refractivity contribution < 1.29 is 4.74 Å². The number of ether oxygens (including phenoxy) is 1. The van der Waals surface area contributed by atoms with E-state index in [0.717, 1.165) is 39.5 Å². The van der Waals surface area contributed by atoms with Crippen molar-refractivity contribution in [3.8, 4) is 28.0 Å². The summed E-state index contributed by atoms with van der Waals surface area (Å²) in [4.78, 5) is 2.42. The zero-order chi connectivity index (χ0) is 38.5. The quantitative estimate of drug-likeness (QED) is 0.125. The van der Waals surface area contributed by atoms with E-state index in [1.54, 1.807) is 0 Å². The zero-order valence-electron chi connectivity index (χ0n) is 32.3. The van der Waals surface area contributed by atoms with Crippen LogP contribution in [0.25, 0.3) is 43.8 Å². The Morgan fingerprint density at radius 2 is 1.30 bits per heavy atom. The van der Waals surface area contributed by atoms with Crippen molar-refractivity contribution in [1.82, 2.24) is 0 Å². The normalized spacial score (nSPS) is 15.3. The van der Waals surface area contributed by atoms with Crippen LogP contribution in [-0.4, -0.2) is 0 Å². The fourth-order valence-corrected chi connectivity index (χ4v) is 9.00. The van der Waals surface area contributed by atoms with Gasteiger partial charge in [-0.1, -0.05) is 159 Å². The Morgan fingerprint density at radius 1 is 0.632 bits per heavy atom. The third-order valence-corrected chi connectivity index (χ3v) is 12.1. The van der Waals surface area contributed by atoms with Crippen LogP contribution in [0.4, 0.5) is 17.1 Å². The van der Waals surface area contributed by atoms with Gasteiger partial charge in [-0.3, -0.25) is 0 Å². The molecule has 0 saturated heterocycles. The van der Waals surface area contributed by atoms with Crippen molar-refractivity contribution in [3.63, 3.8) is 0 Å². The van der Waals surface area contributed by atoms with Gasteiger partial charge in [0.05, 0.1) is 5.69 Å². The van der Waals surface area contributed by atoms with Crippen LogP contribution in [0.2, 0.25) is 0 Å². The Hall–Kier alpha value is -6.84. The van der Waals surface area contributed by atoms with Gasteiger partial charge in [0.15, 0.2) is 0 Å². The molecule has 2 aliphatic rings. The molecule has 8 aromatic carbocycles. The number of nitrogens with two attached hydrogens (primary N) is 1. The van der Waals surface area contributed by atoms with Gasteiger partial charge in [-0.25, -0.2) is 0 Å². The number of hydrogen-bond acceptors (Lipinski definition) is 3. The summed E-state index contributed by atoms with van der Waals surface area (Å²) in [6.45, 7) is 5.17. The molecule has 0 bridgehead atoms. The molecule has 0 radical (unpaired) electrons. The highest BCUT2D eigenvalue weighted by Gasteiger charge is 2.36. The maximum Gasteiger partial charge on any atom is 0.143 e. The number of fused-ring (bicyclic) bond motifs is 6. The lowest BCUT2D eigenvalue weighted by molar-refractivity contribution is 0.308. The van der Waals surface area contributed by atoms with Crippen molar-refractivity contribution in [1.29, 1.82) is 0 Å². The lowest BCUT2D eigenvalue weighted by Gasteiger charge is -2.31. The van der Waals surface area contributed by atoms with Gasteiger partial charge < -0.3 is 15.4 Å². The van der Waals surface area contributed by atoms with Crippen LogP contribution in [0.15, 0.2) is 194 Å². The molecule has 0 saturated carbocycles. The minimum absolute atomic E-state index is 0.0922. The number of hydrogen-bond donors (Lipinski definition) is 1. The monoisotopic (exact) mass is 736 g/mol. The van der Waals surface area contributed by atoms with Gasteiger partial charge >= 0.3 is 0 Å². The molecule has 2 N–H and O–H groups in total. The van der Waals surface area contributed by atoms with Crippen molar-refractivity contribution in [2.24, 2.45) is 0 Å². The second kappa shape index (κ2) is 14.0. The predicted molar refractivity (Wildman–Crippen MR) is 239 cm³/mol. The summed E-state index contributed by atoms with van der Waals surface area (Å²) >= 11 is 0. The first-order valence-electron chi connectivity index (χ1n) is 19.9. The van der Waals surface area contributed by atoms with Gasteiger partial charge in [-0.2, -0.15) is 0 Å². The van der Waals surface area contributed by atoms with E-state index in [9.17, 15) is 0 Å². The minimum Gasteiger partial charge on any atom is -0.487 e. The van der Waals surface area contributed by atoms with E-state index >= 15 is 0 Å². The minimum atomic E-state index is -0.0922. The molecule has 0 heterocycles. The van der Waals surface area contributed by atoms with Crippen molar-refractivity contribution in [3.05, 3.63) is 216 Å². The number of allylic oxidation sites excluding steroid dienone is 3. The third kappa shape index (κ3) is 6.17. The van der Waals surface area contributed by atoms with Crippen molar-refractivity contribution in [2.75, 3.05) is 10.6 Å². The molecular weight excluding hydrogens is 693 g/mol. The molecule has 8 aromatic rings. The van der Waals surface area contributed by atoms with E-state index in [1.807, 2.05) is 24.3 Å². The van der Waals surface area contributed by atoms with E-state index < -0.39 is 0 Å². The smallest absolute Gasteiger partial charge is 0.143 e. The lowest BCUT2D eigenvalue weighted by atomic mass is 9.82. The summed E-state index contributed by atoms with van der Waals surface area (Å²) in [5.41, 5.74) is 21.2. The Labute approximate surface area is 335 Å². The molecule has 0 aromatic heterocycles. The van der Waals surface area contributed by atoms with Gasteiger partial charge in [0.25, 0.3) is 0 Å². The fourth-order valence-electron chi connectivity index (χ4n) is 9.00. The molecule has 3 nitrogen and oxygen atoms in total. The van der Waals surface area contributed by atoms with E-state index in [0.29, 0.717) is 18.0 Å². The van der Waals surface area contributed by atoms with E-state index in [-0.39, 0.29) is 11.3 Å². The molecule has 0 fully saturated rings. The number of nitrogen functional groups attached to an aromatic ring is 1. The highest BCUT2D eigenvalue weighted by atomic mass is 16.5. The van der Waals surface area contributed by atoms with Crippen molar-refractivity contribution >= 4 is 38.6 Å². The standard InChI is InChI=1S/C54H44N2O/c1-54(2)49-16-10-9-15-46(49)47-31-30-45(34-50(47)54)56(43-26-21-38(22-27-43)37-13-7-4-8-14-37)44-28-23-39(24-29-44)42-20-18-40-17-19-41-25-32-51(53(55)52(41)48(40)33-42)57-35-36-11-5-3-6-12-36/h3-23,25-34,39H,24,35,55H2,1-2H3. The SMILES string of the molecule is CC1(C)c2ccccc2-c2ccc(N(C3=CCC(c4ccc5ccc6ccc(OCc7ccccc7)c(N)c6c5c4)C=C3)c3ccc(-c4ccccc4)cc3)cc21. The molecule has 1 unspecified atom stereocenters. The number of anilines is 3. The molecule has 1 atom stereocenters. The van der Waals surface area contributed by atoms with Gasteiger partial charge in [0.1, 0.15) is 12.4 Å². The van der Waals surface area contributed by atoms with Crippen LogP contribution in [-0.2, 0) is 12.0 Å². The van der Waals surface area contributed by atoms with Gasteiger partial charge in [0.2, 0.25) is 0 Å². The molecular formula is C54H44N2O. The summed E-state index contributed by atoms with van der Waals surface area (Å²) in [5.74, 6) is 0.938. The van der Waals surface area contributed by atoms with E-state index in [4.69, 9.17) is 10.5 Å². The Bertz CT molecular complexity index is 2850. The molecule has 57 heavy (non-hydrogen) atoms. The van der Waals surface area contributed by atoms with Crippen molar-refractivity contribution in [2.45, 2.75) is 38.2 Å². The topological polar surface area (TPSA) is 38.5 Å². The molecule has 2 aliphatic carbocycles.